The first-order valence-electron chi connectivity index (χ1n) is 14.1. The molecule has 228 valence electrons. The first-order valence-corrected chi connectivity index (χ1v) is 14.9. The Bertz CT molecular complexity index is 1730. The molecule has 1 aliphatic heterocycles. The summed E-state index contributed by atoms with van der Waals surface area (Å²) in [6.45, 7) is 2.66. The highest BCUT2D eigenvalue weighted by Gasteiger charge is 2.39. The molecule has 0 unspecified atom stereocenters. The van der Waals surface area contributed by atoms with E-state index >= 15 is 0 Å². The van der Waals surface area contributed by atoms with Crippen LogP contribution in [0.2, 0.25) is 0 Å². The summed E-state index contributed by atoms with van der Waals surface area (Å²) in [4.78, 5) is 37.7. The number of aromatic nitrogens is 3. The van der Waals surface area contributed by atoms with Crippen molar-refractivity contribution < 1.29 is 27.9 Å². The van der Waals surface area contributed by atoms with Gasteiger partial charge < -0.3 is 21.1 Å². The zero-order valence-corrected chi connectivity index (χ0v) is 24.5. The summed E-state index contributed by atoms with van der Waals surface area (Å²) in [7, 11) is 0. The predicted molar refractivity (Wildman–Crippen MR) is 158 cm³/mol. The van der Waals surface area contributed by atoms with E-state index in [-0.39, 0.29) is 23.7 Å². The normalized spacial score (nSPS) is 19.8. The molecule has 1 aliphatic carbocycles. The van der Waals surface area contributed by atoms with Crippen LogP contribution in [0, 0.1) is 12.8 Å². The number of carbonyl (C=O) groups excluding carboxylic acids is 2. The molecule has 1 saturated carbocycles. The summed E-state index contributed by atoms with van der Waals surface area (Å²) < 4.78 is 39.2. The molecule has 0 spiro atoms. The van der Waals surface area contributed by atoms with Crippen molar-refractivity contribution >= 4 is 34.8 Å². The van der Waals surface area contributed by atoms with Gasteiger partial charge >= 0.3 is 6.18 Å². The highest BCUT2D eigenvalue weighted by molar-refractivity contribution is 7.15. The molecule has 0 radical (unpaired) electrons. The number of anilines is 2. The third kappa shape index (κ3) is 6.15. The van der Waals surface area contributed by atoms with E-state index < -0.39 is 17.5 Å². The Balaban J connectivity index is 1.09. The number of nitrogens with zero attached hydrogens (tertiary/aromatic N) is 3. The molecule has 9 nitrogen and oxygen atoms in total. The molecule has 6 rings (SSSR count). The summed E-state index contributed by atoms with van der Waals surface area (Å²) in [5, 5.41) is 20.7. The lowest BCUT2D eigenvalue weighted by Gasteiger charge is -2.34. The number of thiazole rings is 1. The second-order valence-corrected chi connectivity index (χ2v) is 12.2. The number of aryl methyl sites for hydroxylation is 1. The Morgan fingerprint density at radius 3 is 2.73 bits per heavy atom. The van der Waals surface area contributed by atoms with Gasteiger partial charge in [0.2, 0.25) is 11.9 Å². The number of hydrogen-bond donors (Lipinski definition) is 4. The number of halogens is 3. The van der Waals surface area contributed by atoms with E-state index in [0.29, 0.717) is 55.0 Å². The largest absolute Gasteiger partial charge is 0.433 e. The fraction of sp³-hybridized carbons (Fsp3) is 0.323. The molecule has 1 fully saturated rings. The van der Waals surface area contributed by atoms with Gasteiger partial charge in [0.05, 0.1) is 4.88 Å². The Hall–Kier alpha value is -4.36. The summed E-state index contributed by atoms with van der Waals surface area (Å²) >= 11 is 1.35. The van der Waals surface area contributed by atoms with Crippen molar-refractivity contribution in [1.29, 1.82) is 0 Å². The number of rotatable bonds is 7. The summed E-state index contributed by atoms with van der Waals surface area (Å²) in [6, 6.07) is 11.8. The molecule has 13 heteroatoms. The number of aliphatic hydroxyl groups is 1. The number of hydrogen-bond acceptors (Lipinski definition) is 8. The van der Waals surface area contributed by atoms with Gasteiger partial charge in [-0.15, -0.1) is 11.3 Å². The first-order chi connectivity index (χ1) is 21.0. The van der Waals surface area contributed by atoms with Crippen LogP contribution < -0.4 is 16.0 Å². The monoisotopic (exact) mass is 622 g/mol. The fourth-order valence-electron chi connectivity index (χ4n) is 5.71. The van der Waals surface area contributed by atoms with E-state index in [2.05, 4.69) is 30.9 Å². The van der Waals surface area contributed by atoms with E-state index in [4.69, 9.17) is 0 Å². The average molecular weight is 623 g/mol. The van der Waals surface area contributed by atoms with Crippen molar-refractivity contribution in [3.8, 4) is 10.4 Å². The van der Waals surface area contributed by atoms with Gasteiger partial charge in [0.25, 0.3) is 5.91 Å². The number of nitrogens with one attached hydrogen (secondary N) is 3. The van der Waals surface area contributed by atoms with Crippen LogP contribution in [0.4, 0.5) is 24.8 Å². The highest BCUT2D eigenvalue weighted by Crippen LogP contribution is 2.43. The molecular weight excluding hydrogens is 593 g/mol. The van der Waals surface area contributed by atoms with Gasteiger partial charge in [-0.3, -0.25) is 9.59 Å². The van der Waals surface area contributed by atoms with Gasteiger partial charge in [0, 0.05) is 42.7 Å². The minimum absolute atomic E-state index is 0.0775. The van der Waals surface area contributed by atoms with Gasteiger partial charge in [-0.2, -0.15) is 13.2 Å². The SMILES string of the molecule is Cc1cc(Nc2nccc(C(F)(F)F)n2)cc(-c2cnc([C@]3(O)CC[C@H](C(=O)NCc4cccc5c4CNC5=O)CC3)s2)c1. The van der Waals surface area contributed by atoms with Crippen molar-refractivity contribution in [2.75, 3.05) is 5.32 Å². The van der Waals surface area contributed by atoms with E-state index in [9.17, 15) is 27.9 Å². The van der Waals surface area contributed by atoms with Crippen LogP contribution in [0.5, 0.6) is 0 Å². The second kappa shape index (κ2) is 11.6. The van der Waals surface area contributed by atoms with Crippen LogP contribution in [0.3, 0.4) is 0 Å². The van der Waals surface area contributed by atoms with Crippen molar-refractivity contribution in [2.24, 2.45) is 5.92 Å². The lowest BCUT2D eigenvalue weighted by molar-refractivity contribution is -0.141. The zero-order chi connectivity index (χ0) is 31.1. The fourth-order valence-corrected chi connectivity index (χ4v) is 6.76. The van der Waals surface area contributed by atoms with Crippen molar-refractivity contribution in [2.45, 2.75) is 57.5 Å². The number of amides is 2. The molecular formula is C31H29F3N6O3S. The summed E-state index contributed by atoms with van der Waals surface area (Å²) in [6.07, 6.45) is -0.0934. The molecule has 0 atom stereocenters. The molecule has 0 saturated heterocycles. The van der Waals surface area contributed by atoms with Crippen LogP contribution in [0.1, 0.15) is 63.4 Å². The molecule has 4 aromatic rings. The van der Waals surface area contributed by atoms with Crippen LogP contribution >= 0.6 is 11.3 Å². The molecule has 4 N–H and O–H groups in total. The number of fused-ring (bicyclic) bond motifs is 1. The molecule has 2 aromatic carbocycles. The van der Waals surface area contributed by atoms with E-state index in [1.165, 1.54) is 11.3 Å². The Labute approximate surface area is 255 Å². The summed E-state index contributed by atoms with van der Waals surface area (Å²) in [5.74, 6) is -0.591. The Morgan fingerprint density at radius 2 is 1.95 bits per heavy atom. The molecule has 44 heavy (non-hydrogen) atoms. The van der Waals surface area contributed by atoms with Crippen molar-refractivity contribution in [3.63, 3.8) is 0 Å². The first kappa shape index (κ1) is 29.7. The minimum Gasteiger partial charge on any atom is -0.383 e. The maximum Gasteiger partial charge on any atom is 0.433 e. The average Bonchev–Trinajstić information content (AvgIpc) is 3.64. The van der Waals surface area contributed by atoms with Crippen LogP contribution in [0.15, 0.2) is 54.9 Å². The molecule has 2 aromatic heterocycles. The number of carbonyl (C=O) groups is 2. The molecule has 0 bridgehead atoms. The Kier molecular flexibility index (Phi) is 7.84. The number of benzene rings is 2. The maximum atomic E-state index is 13.1. The standard InChI is InChI=1S/C31H29F3N6O3S/c1-17-11-20(13-21(12-17)39-29-35-10-7-25(40-29)31(32,33)34)24-16-38-28(44-24)30(43)8-5-18(6-9-30)26(41)36-14-19-3-2-4-22-23(19)15-37-27(22)42/h2-4,7,10-13,16,18,43H,5-6,8-9,14-15H2,1H3,(H,36,41)(H,37,42)(H,35,39,40)/t18-,30-. The highest BCUT2D eigenvalue weighted by atomic mass is 32.1. The Morgan fingerprint density at radius 1 is 1.16 bits per heavy atom. The second-order valence-electron chi connectivity index (χ2n) is 11.2. The molecule has 2 aliphatic rings. The van der Waals surface area contributed by atoms with E-state index in [1.807, 2.05) is 25.1 Å². The van der Waals surface area contributed by atoms with E-state index in [1.54, 1.807) is 24.4 Å². The third-order valence-corrected chi connectivity index (χ3v) is 9.29. The molecule has 2 amide bonds. The van der Waals surface area contributed by atoms with Crippen LogP contribution in [-0.2, 0) is 29.7 Å². The predicted octanol–water partition coefficient (Wildman–Crippen LogP) is 5.61. The van der Waals surface area contributed by atoms with Gasteiger partial charge in [-0.25, -0.2) is 15.0 Å². The van der Waals surface area contributed by atoms with Gasteiger partial charge in [-0.05, 0) is 79.1 Å². The smallest absolute Gasteiger partial charge is 0.383 e. The third-order valence-electron chi connectivity index (χ3n) is 8.05. The summed E-state index contributed by atoms with van der Waals surface area (Å²) in [5.41, 5.74) is 2.43. The van der Waals surface area contributed by atoms with Gasteiger partial charge in [0.15, 0.2) is 0 Å². The maximum absolute atomic E-state index is 13.1. The lowest BCUT2D eigenvalue weighted by Crippen LogP contribution is -2.38. The zero-order valence-electron chi connectivity index (χ0n) is 23.7. The topological polar surface area (TPSA) is 129 Å². The minimum atomic E-state index is -4.58. The van der Waals surface area contributed by atoms with Crippen molar-refractivity contribution in [1.82, 2.24) is 25.6 Å². The van der Waals surface area contributed by atoms with Gasteiger partial charge in [0.1, 0.15) is 16.3 Å². The van der Waals surface area contributed by atoms with E-state index in [0.717, 1.165) is 39.4 Å². The van der Waals surface area contributed by atoms with Crippen molar-refractivity contribution in [3.05, 3.63) is 87.8 Å². The van der Waals surface area contributed by atoms with Crippen LogP contribution in [0.25, 0.3) is 10.4 Å². The van der Waals surface area contributed by atoms with Crippen LogP contribution in [-0.4, -0.2) is 31.9 Å². The van der Waals surface area contributed by atoms with Gasteiger partial charge in [-0.1, -0.05) is 18.2 Å². The quantitative estimate of drug-likeness (QED) is 0.211. The number of alkyl halides is 3. The molecule has 3 heterocycles. The lowest BCUT2D eigenvalue weighted by atomic mass is 9.78.